The van der Waals surface area contributed by atoms with E-state index in [0.717, 1.165) is 24.0 Å². The molecule has 0 amide bonds. The fourth-order valence-corrected chi connectivity index (χ4v) is 3.00. The van der Waals surface area contributed by atoms with Crippen LogP contribution in [0.1, 0.15) is 33.3 Å². The highest BCUT2D eigenvalue weighted by Gasteiger charge is 2.61. The maximum atomic E-state index is 13.1. The molecular weight excluding hydrogens is 384 g/mol. The second-order valence-electron chi connectivity index (χ2n) is 5.93. The van der Waals surface area contributed by atoms with Crippen molar-refractivity contribution in [3.8, 4) is 6.07 Å². The fourth-order valence-electron chi connectivity index (χ4n) is 3.00. The lowest BCUT2D eigenvalue weighted by Gasteiger charge is -2.35. The lowest BCUT2D eigenvalue weighted by atomic mass is 9.86. The first-order valence-corrected chi connectivity index (χ1v) is 8.74. The quantitative estimate of drug-likeness (QED) is 0.528. The highest BCUT2D eigenvalue weighted by Crippen LogP contribution is 2.41. The molecule has 29 heavy (non-hydrogen) atoms. The Hall–Kier alpha value is -3.68. The van der Waals surface area contributed by atoms with Gasteiger partial charge in [-0.3, -0.25) is 14.4 Å². The van der Waals surface area contributed by atoms with Crippen LogP contribution >= 0.6 is 0 Å². The van der Waals surface area contributed by atoms with E-state index in [0.29, 0.717) is 0 Å². The number of carbonyl (C=O) groups excluding carboxylic acids is 4. The fraction of sp³-hybridized carbons (Fsp3) is 0.444. The largest absolute Gasteiger partial charge is 0.465 e. The summed E-state index contributed by atoms with van der Waals surface area (Å²) in [6.45, 7) is 5.05. The predicted octanol–water partition coefficient (Wildman–Crippen LogP) is 0.611. The van der Waals surface area contributed by atoms with Gasteiger partial charge in [-0.1, -0.05) is 0 Å². The Balaban J connectivity index is 2.96. The number of nitrogens with zero attached hydrogens (tertiary/aromatic N) is 3. The molecule has 1 aliphatic heterocycles. The second-order valence-corrected chi connectivity index (χ2v) is 5.93. The van der Waals surface area contributed by atoms with Crippen LogP contribution < -0.4 is 5.32 Å². The Morgan fingerprint density at radius 1 is 1.24 bits per heavy atom. The van der Waals surface area contributed by atoms with Crippen molar-refractivity contribution in [1.29, 1.82) is 5.26 Å². The van der Waals surface area contributed by atoms with Crippen molar-refractivity contribution in [2.24, 2.45) is 5.92 Å². The summed E-state index contributed by atoms with van der Waals surface area (Å²) in [5.41, 5.74) is -2.78. The molecule has 1 aliphatic rings. The van der Waals surface area contributed by atoms with Gasteiger partial charge < -0.3 is 19.5 Å². The number of anilines is 1. The van der Waals surface area contributed by atoms with Crippen LogP contribution in [-0.2, 0) is 39.1 Å². The van der Waals surface area contributed by atoms with Crippen LogP contribution in [0.5, 0.6) is 0 Å². The van der Waals surface area contributed by atoms with Crippen LogP contribution in [0.2, 0.25) is 0 Å². The summed E-state index contributed by atoms with van der Waals surface area (Å²) in [5, 5.41) is 16.0. The molecule has 0 aromatic carbocycles. The molecule has 2 heterocycles. The van der Waals surface area contributed by atoms with Gasteiger partial charge >= 0.3 is 23.6 Å². The lowest BCUT2D eigenvalue weighted by molar-refractivity contribution is -0.210. The van der Waals surface area contributed by atoms with Crippen LogP contribution in [0.15, 0.2) is 18.0 Å². The summed E-state index contributed by atoms with van der Waals surface area (Å²) in [5.74, 6) is -5.50. The van der Waals surface area contributed by atoms with Gasteiger partial charge in [-0.05, 0) is 20.8 Å². The van der Waals surface area contributed by atoms with Crippen molar-refractivity contribution in [2.45, 2.75) is 33.4 Å². The van der Waals surface area contributed by atoms with E-state index in [2.05, 4.69) is 10.4 Å². The second kappa shape index (κ2) is 8.55. The monoisotopic (exact) mass is 404 g/mol. The van der Waals surface area contributed by atoms with Crippen LogP contribution in [0.3, 0.4) is 0 Å². The SMILES string of the molecule is CCOC(=O)C1C(C(C)=O)=CNc2c(C#N)cnn2C1(OC(C)=O)C(=O)OCC. The number of fused-ring (bicyclic) bond motifs is 1. The van der Waals surface area contributed by atoms with Crippen molar-refractivity contribution in [3.05, 3.63) is 23.5 Å². The van der Waals surface area contributed by atoms with E-state index in [1.165, 1.54) is 20.8 Å². The molecule has 0 saturated heterocycles. The minimum Gasteiger partial charge on any atom is -0.465 e. The maximum absolute atomic E-state index is 13.1. The molecule has 1 aromatic heterocycles. The maximum Gasteiger partial charge on any atom is 0.375 e. The Labute approximate surface area is 166 Å². The van der Waals surface area contributed by atoms with Gasteiger partial charge in [0.25, 0.3) is 0 Å². The number of Topliss-reactive ketones (excluding diaryl/α,β-unsaturated/α-hetero) is 1. The number of rotatable bonds is 6. The minimum atomic E-state index is -2.54. The molecule has 11 heteroatoms. The number of ketones is 1. The molecule has 2 rings (SSSR count). The Bertz CT molecular complexity index is 927. The lowest BCUT2D eigenvalue weighted by Crippen LogP contribution is -2.56. The zero-order valence-electron chi connectivity index (χ0n) is 16.3. The van der Waals surface area contributed by atoms with Gasteiger partial charge in [0, 0.05) is 18.7 Å². The summed E-state index contributed by atoms with van der Waals surface area (Å²) in [6, 6.07) is 1.87. The first kappa shape index (κ1) is 21.6. The van der Waals surface area contributed by atoms with Crippen LogP contribution in [0.4, 0.5) is 5.82 Å². The number of nitriles is 1. The molecule has 0 aliphatic carbocycles. The Morgan fingerprint density at radius 2 is 1.90 bits per heavy atom. The smallest absolute Gasteiger partial charge is 0.375 e. The van der Waals surface area contributed by atoms with Gasteiger partial charge in [0.1, 0.15) is 11.6 Å². The molecule has 0 bridgehead atoms. The highest BCUT2D eigenvalue weighted by atomic mass is 16.6. The average Bonchev–Trinajstić information content (AvgIpc) is 3.00. The molecule has 0 saturated carbocycles. The van der Waals surface area contributed by atoms with E-state index in [1.54, 1.807) is 0 Å². The minimum absolute atomic E-state index is 0.0190. The topological polar surface area (TPSA) is 150 Å². The first-order valence-electron chi connectivity index (χ1n) is 8.74. The number of esters is 3. The van der Waals surface area contributed by atoms with E-state index >= 15 is 0 Å². The van der Waals surface area contributed by atoms with Crippen LogP contribution in [-0.4, -0.2) is 46.7 Å². The molecule has 1 aromatic rings. The third kappa shape index (κ3) is 3.69. The van der Waals surface area contributed by atoms with Gasteiger partial charge in [-0.25, -0.2) is 4.79 Å². The standard InChI is InChI=1S/C18H20N4O7/c1-5-27-16(25)14-13(10(3)23)9-20-15-12(7-19)8-21-22(15)18(14,29-11(4)24)17(26)28-6-2/h8-9,14,20H,5-6H2,1-4H3. The van der Waals surface area contributed by atoms with Crippen molar-refractivity contribution in [2.75, 3.05) is 18.5 Å². The number of hydrogen-bond donors (Lipinski definition) is 1. The third-order valence-corrected chi connectivity index (χ3v) is 4.07. The van der Waals surface area contributed by atoms with Gasteiger partial charge in [-0.15, -0.1) is 0 Å². The molecule has 0 fully saturated rings. The Morgan fingerprint density at radius 3 is 2.41 bits per heavy atom. The summed E-state index contributed by atoms with van der Waals surface area (Å²) < 4.78 is 16.4. The third-order valence-electron chi connectivity index (χ3n) is 4.07. The number of nitrogens with one attached hydrogen (secondary N) is 1. The van der Waals surface area contributed by atoms with Crippen molar-refractivity contribution >= 4 is 29.5 Å². The number of ether oxygens (including phenoxy) is 3. The van der Waals surface area contributed by atoms with E-state index < -0.39 is 35.3 Å². The normalized spacial score (nSPS) is 20.1. The van der Waals surface area contributed by atoms with Crippen LogP contribution in [0.25, 0.3) is 0 Å². The summed E-state index contributed by atoms with van der Waals surface area (Å²) in [6.07, 6.45) is 2.28. The van der Waals surface area contributed by atoms with E-state index in [-0.39, 0.29) is 30.2 Å². The number of aromatic nitrogens is 2. The van der Waals surface area contributed by atoms with E-state index in [1.807, 2.05) is 6.07 Å². The van der Waals surface area contributed by atoms with E-state index in [4.69, 9.17) is 14.2 Å². The number of carbonyl (C=O) groups is 4. The Kier molecular flexibility index (Phi) is 6.38. The molecule has 154 valence electrons. The molecule has 0 radical (unpaired) electrons. The first-order chi connectivity index (χ1) is 13.7. The van der Waals surface area contributed by atoms with Crippen molar-refractivity contribution < 1.29 is 33.4 Å². The van der Waals surface area contributed by atoms with E-state index in [9.17, 15) is 24.4 Å². The highest BCUT2D eigenvalue weighted by molar-refractivity contribution is 6.03. The zero-order valence-corrected chi connectivity index (χ0v) is 16.3. The molecular formula is C18H20N4O7. The number of hydrogen-bond acceptors (Lipinski definition) is 10. The average molecular weight is 404 g/mol. The molecule has 11 nitrogen and oxygen atoms in total. The zero-order chi connectivity index (χ0) is 21.8. The molecule has 1 N–H and O–H groups in total. The van der Waals surface area contributed by atoms with Crippen molar-refractivity contribution in [3.63, 3.8) is 0 Å². The van der Waals surface area contributed by atoms with Gasteiger partial charge in [-0.2, -0.15) is 15.0 Å². The van der Waals surface area contributed by atoms with Gasteiger partial charge in [0.15, 0.2) is 17.5 Å². The van der Waals surface area contributed by atoms with Crippen molar-refractivity contribution in [1.82, 2.24) is 9.78 Å². The van der Waals surface area contributed by atoms with Gasteiger partial charge in [0.2, 0.25) is 0 Å². The summed E-state index contributed by atoms with van der Waals surface area (Å²) in [7, 11) is 0. The molecule has 0 spiro atoms. The van der Waals surface area contributed by atoms with Gasteiger partial charge in [0.05, 0.1) is 19.4 Å². The molecule has 2 unspecified atom stereocenters. The predicted molar refractivity (Wildman–Crippen MR) is 95.8 cm³/mol. The molecule has 2 atom stereocenters. The summed E-state index contributed by atoms with van der Waals surface area (Å²) in [4.78, 5) is 50.4. The van der Waals surface area contributed by atoms with Crippen LogP contribution in [0, 0.1) is 17.2 Å². The summed E-state index contributed by atoms with van der Waals surface area (Å²) >= 11 is 0.